The van der Waals surface area contributed by atoms with Crippen molar-refractivity contribution in [2.75, 3.05) is 0 Å². The first kappa shape index (κ1) is 29.0. The van der Waals surface area contributed by atoms with Crippen LogP contribution < -0.4 is 0 Å². The summed E-state index contributed by atoms with van der Waals surface area (Å²) in [6.45, 7) is 0. The van der Waals surface area contributed by atoms with Crippen molar-refractivity contribution in [2.24, 2.45) is 0 Å². The van der Waals surface area contributed by atoms with Gasteiger partial charge in [-0.25, -0.2) is 19.9 Å². The van der Waals surface area contributed by atoms with Crippen LogP contribution >= 0.6 is 11.3 Å². The van der Waals surface area contributed by atoms with Gasteiger partial charge in [0, 0.05) is 27.5 Å². The van der Waals surface area contributed by atoms with Crippen LogP contribution in [0.25, 0.3) is 104 Å². The molecule has 0 unspecified atom stereocenters. The fraction of sp³-hybridized carbons (Fsp3) is 0. The van der Waals surface area contributed by atoms with Crippen molar-refractivity contribution < 1.29 is 0 Å². The molecule has 52 heavy (non-hydrogen) atoms. The zero-order valence-electron chi connectivity index (χ0n) is 27.7. The van der Waals surface area contributed by atoms with E-state index in [1.807, 2.05) is 24.3 Å². The zero-order chi connectivity index (χ0) is 34.2. The second-order valence-electron chi connectivity index (χ2n) is 13.1. The van der Waals surface area contributed by atoms with E-state index in [4.69, 9.17) is 19.9 Å². The molecule has 3 aromatic heterocycles. The number of thiazole rings is 1. The number of hydrogen-bond donors (Lipinski definition) is 0. The highest BCUT2D eigenvalue weighted by Gasteiger charge is 2.19. The first-order valence-electron chi connectivity index (χ1n) is 17.3. The van der Waals surface area contributed by atoms with E-state index >= 15 is 0 Å². The van der Waals surface area contributed by atoms with Crippen LogP contribution in [0.5, 0.6) is 0 Å². The predicted octanol–water partition coefficient (Wildman–Crippen LogP) is 12.0. The largest absolute Gasteiger partial charge is 0.285 e. The molecule has 0 bridgehead atoms. The Hall–Kier alpha value is -6.76. The van der Waals surface area contributed by atoms with Gasteiger partial charge in [0.05, 0.1) is 21.3 Å². The summed E-state index contributed by atoms with van der Waals surface area (Å²) >= 11 is 1.71. The molecular formula is C46H27N5S. The van der Waals surface area contributed by atoms with Gasteiger partial charge < -0.3 is 0 Å². The molecule has 0 N–H and O–H groups in total. The number of benzene rings is 8. The van der Waals surface area contributed by atoms with Crippen LogP contribution in [0, 0.1) is 0 Å². The van der Waals surface area contributed by atoms with E-state index in [2.05, 4.69) is 144 Å². The molecule has 8 aromatic carbocycles. The summed E-state index contributed by atoms with van der Waals surface area (Å²) in [6, 6.07) is 57.4. The van der Waals surface area contributed by atoms with E-state index in [9.17, 15) is 0 Å². The minimum Gasteiger partial charge on any atom is -0.285 e. The maximum atomic E-state index is 5.19. The monoisotopic (exact) mass is 681 g/mol. The molecule has 0 saturated carbocycles. The van der Waals surface area contributed by atoms with Crippen LogP contribution in [0.15, 0.2) is 164 Å². The minimum atomic E-state index is 0.631. The Morgan fingerprint density at radius 3 is 1.54 bits per heavy atom. The zero-order valence-corrected chi connectivity index (χ0v) is 28.5. The maximum Gasteiger partial charge on any atom is 0.195 e. The third-order valence-corrected chi connectivity index (χ3v) is 11.1. The molecule has 0 atom stereocenters. The summed E-state index contributed by atoms with van der Waals surface area (Å²) < 4.78 is 3.44. The predicted molar refractivity (Wildman–Crippen MR) is 216 cm³/mol. The topological polar surface area (TPSA) is 56.5 Å². The van der Waals surface area contributed by atoms with E-state index in [0.717, 1.165) is 49.1 Å². The number of hydrogen-bond acceptors (Lipinski definition) is 5. The lowest BCUT2D eigenvalue weighted by Gasteiger charge is -2.12. The molecule has 0 spiro atoms. The first-order valence-corrected chi connectivity index (χ1v) is 18.1. The molecular weight excluding hydrogens is 655 g/mol. The van der Waals surface area contributed by atoms with E-state index < -0.39 is 0 Å². The highest BCUT2D eigenvalue weighted by molar-refractivity contribution is 7.20. The van der Waals surface area contributed by atoms with Gasteiger partial charge in [-0.1, -0.05) is 133 Å². The van der Waals surface area contributed by atoms with Crippen LogP contribution in [0.1, 0.15) is 0 Å². The van der Waals surface area contributed by atoms with Crippen molar-refractivity contribution in [3.63, 3.8) is 0 Å². The molecule has 0 fully saturated rings. The summed E-state index contributed by atoms with van der Waals surface area (Å²) in [5.41, 5.74) is 6.03. The second kappa shape index (κ2) is 11.4. The van der Waals surface area contributed by atoms with Gasteiger partial charge >= 0.3 is 0 Å². The van der Waals surface area contributed by atoms with Gasteiger partial charge in [-0.05, 0) is 74.8 Å². The molecule has 0 radical (unpaired) electrons. The quantitative estimate of drug-likeness (QED) is 0.174. The van der Waals surface area contributed by atoms with Crippen molar-refractivity contribution in [1.29, 1.82) is 0 Å². The third kappa shape index (κ3) is 4.48. The lowest BCUT2D eigenvalue weighted by Crippen LogP contribution is -2.00. The van der Waals surface area contributed by atoms with Crippen molar-refractivity contribution >= 4 is 75.7 Å². The molecule has 242 valence electrons. The lowest BCUT2D eigenvalue weighted by atomic mass is 9.93. The average molecular weight is 682 g/mol. The Morgan fingerprint density at radius 2 is 0.846 bits per heavy atom. The number of fused-ring (bicyclic) bond motifs is 10. The van der Waals surface area contributed by atoms with Crippen LogP contribution in [0.3, 0.4) is 0 Å². The van der Waals surface area contributed by atoms with Gasteiger partial charge in [0.15, 0.2) is 22.6 Å². The molecule has 0 aliphatic rings. The van der Waals surface area contributed by atoms with Gasteiger partial charge in [0.1, 0.15) is 0 Å². The Balaban J connectivity index is 1.13. The second-order valence-corrected chi connectivity index (χ2v) is 14.1. The van der Waals surface area contributed by atoms with Crippen molar-refractivity contribution in [1.82, 2.24) is 24.5 Å². The fourth-order valence-electron chi connectivity index (χ4n) is 7.67. The standard InChI is InChI=1S/C46H27N5S/c1-2-12-28(13-3-1)43-48-44(29-22-24-35-33-16-5-4-14-31(33)32-15-6-7-17-34(32)37(35)26-29)50-45(49-43)30-23-25-41-38(27-30)36-18-8-10-20-40(36)51(41)46-47-39-19-9-11-21-42(39)52-46/h1-27H. The Kier molecular flexibility index (Phi) is 6.35. The van der Waals surface area contributed by atoms with Gasteiger partial charge in [-0.2, -0.15) is 0 Å². The summed E-state index contributed by atoms with van der Waals surface area (Å²) in [6.07, 6.45) is 0. The van der Waals surface area contributed by atoms with Crippen molar-refractivity contribution in [3.05, 3.63) is 164 Å². The summed E-state index contributed by atoms with van der Waals surface area (Å²) in [5, 5.41) is 10.6. The molecule has 0 amide bonds. The smallest absolute Gasteiger partial charge is 0.195 e. The summed E-state index contributed by atoms with van der Waals surface area (Å²) in [5.74, 6) is 1.91. The minimum absolute atomic E-state index is 0.631. The highest BCUT2D eigenvalue weighted by atomic mass is 32.1. The maximum absolute atomic E-state index is 5.19. The molecule has 3 heterocycles. The van der Waals surface area contributed by atoms with Gasteiger partial charge in [0.2, 0.25) is 0 Å². The van der Waals surface area contributed by atoms with Gasteiger partial charge in [-0.15, -0.1) is 0 Å². The van der Waals surface area contributed by atoms with Crippen LogP contribution in [0.2, 0.25) is 0 Å². The first-order chi connectivity index (χ1) is 25.8. The lowest BCUT2D eigenvalue weighted by molar-refractivity contribution is 1.07. The van der Waals surface area contributed by atoms with Gasteiger partial charge in [-0.3, -0.25) is 4.57 Å². The van der Waals surface area contributed by atoms with Gasteiger partial charge in [0.25, 0.3) is 0 Å². The average Bonchev–Trinajstić information content (AvgIpc) is 3.79. The number of aromatic nitrogens is 5. The van der Waals surface area contributed by atoms with E-state index in [1.165, 1.54) is 37.0 Å². The summed E-state index contributed by atoms with van der Waals surface area (Å²) in [4.78, 5) is 20.4. The summed E-state index contributed by atoms with van der Waals surface area (Å²) in [7, 11) is 0. The van der Waals surface area contributed by atoms with Crippen LogP contribution in [-0.2, 0) is 0 Å². The Labute approximate surface area is 302 Å². The molecule has 0 saturated heterocycles. The fourth-order valence-corrected chi connectivity index (χ4v) is 8.66. The molecule has 0 aliphatic carbocycles. The van der Waals surface area contributed by atoms with Crippen molar-refractivity contribution in [2.45, 2.75) is 0 Å². The molecule has 0 aliphatic heterocycles. The normalized spacial score (nSPS) is 11.8. The number of rotatable bonds is 4. The number of para-hydroxylation sites is 2. The highest BCUT2D eigenvalue weighted by Crippen LogP contribution is 2.39. The molecule has 11 aromatic rings. The third-order valence-electron chi connectivity index (χ3n) is 10.1. The van der Waals surface area contributed by atoms with Crippen LogP contribution in [-0.4, -0.2) is 24.5 Å². The van der Waals surface area contributed by atoms with E-state index in [0.29, 0.717) is 17.5 Å². The SMILES string of the molecule is c1ccc(-c2nc(-c3ccc4c5ccccc5c5ccccc5c4c3)nc(-c3ccc4c(c3)c3ccccc3n4-c3nc4ccccc4s3)n2)cc1. The molecule has 5 nitrogen and oxygen atoms in total. The van der Waals surface area contributed by atoms with E-state index in [-0.39, 0.29) is 0 Å². The molecule has 11 rings (SSSR count). The molecule has 6 heteroatoms. The van der Waals surface area contributed by atoms with Crippen LogP contribution in [0.4, 0.5) is 0 Å². The Bertz CT molecular complexity index is 3130. The number of nitrogens with zero attached hydrogens (tertiary/aromatic N) is 5. The van der Waals surface area contributed by atoms with E-state index in [1.54, 1.807) is 11.3 Å². The van der Waals surface area contributed by atoms with Crippen molar-refractivity contribution in [3.8, 4) is 39.3 Å². The Morgan fingerprint density at radius 1 is 0.346 bits per heavy atom.